The molecule has 0 radical (unpaired) electrons. The van der Waals surface area contributed by atoms with Gasteiger partial charge in [0.1, 0.15) is 4.83 Å². The third-order valence-electron chi connectivity index (χ3n) is 6.15. The second-order valence-electron chi connectivity index (χ2n) is 8.26. The van der Waals surface area contributed by atoms with E-state index in [0.29, 0.717) is 0 Å². The number of hydrogen-bond acceptors (Lipinski definition) is 4. The highest BCUT2D eigenvalue weighted by atomic mass is 32.2. The molecule has 0 fully saturated rings. The zero-order chi connectivity index (χ0) is 22.2. The summed E-state index contributed by atoms with van der Waals surface area (Å²) in [4.78, 5) is 20.9. The summed E-state index contributed by atoms with van der Waals surface area (Å²) in [5.41, 5.74) is 5.79. The standard InChI is InChI=1S/C28H22N2OS2/c31-27-25-23-12-7-13-24(23)33-26(25)29-28(30(27)22-10-5-2-6-11-22)32-18-19-14-16-21(17-15-19)20-8-3-1-4-9-20/h1-6,8-11,14-17H,7,12-13,18H2. The number of aryl methyl sites for hydroxylation is 2. The van der Waals surface area contributed by atoms with Crippen LogP contribution in [-0.4, -0.2) is 9.55 Å². The molecule has 1 aliphatic rings. The average Bonchev–Trinajstić information content (AvgIpc) is 3.45. The number of aromatic nitrogens is 2. The number of fused-ring (bicyclic) bond motifs is 3. The van der Waals surface area contributed by atoms with E-state index in [1.54, 1.807) is 27.7 Å². The van der Waals surface area contributed by atoms with Gasteiger partial charge in [-0.15, -0.1) is 11.3 Å². The number of benzene rings is 3. The number of rotatable bonds is 5. The van der Waals surface area contributed by atoms with E-state index >= 15 is 0 Å². The fourth-order valence-corrected chi connectivity index (χ4v) is 6.77. The molecule has 5 aromatic rings. The first-order valence-corrected chi connectivity index (χ1v) is 13.0. The molecule has 3 aromatic carbocycles. The summed E-state index contributed by atoms with van der Waals surface area (Å²) >= 11 is 3.33. The van der Waals surface area contributed by atoms with Crippen LogP contribution < -0.4 is 5.56 Å². The Labute approximate surface area is 200 Å². The van der Waals surface area contributed by atoms with Crippen molar-refractivity contribution >= 4 is 33.3 Å². The average molecular weight is 467 g/mol. The predicted molar refractivity (Wildman–Crippen MR) is 139 cm³/mol. The molecule has 2 aromatic heterocycles. The smallest absolute Gasteiger partial charge is 0.267 e. The Balaban J connectivity index is 1.36. The Hall–Kier alpha value is -3.15. The molecule has 3 nitrogen and oxygen atoms in total. The van der Waals surface area contributed by atoms with Crippen molar-refractivity contribution in [2.45, 2.75) is 30.2 Å². The van der Waals surface area contributed by atoms with Crippen LogP contribution in [0.1, 0.15) is 22.4 Å². The summed E-state index contributed by atoms with van der Waals surface area (Å²) < 4.78 is 1.80. The summed E-state index contributed by atoms with van der Waals surface area (Å²) in [5.74, 6) is 0.755. The fourth-order valence-electron chi connectivity index (χ4n) is 4.50. The molecule has 0 unspecified atom stereocenters. The summed E-state index contributed by atoms with van der Waals surface area (Å²) in [6, 6.07) is 29.0. The van der Waals surface area contributed by atoms with E-state index in [2.05, 4.69) is 48.5 Å². The van der Waals surface area contributed by atoms with E-state index in [-0.39, 0.29) is 5.56 Å². The van der Waals surface area contributed by atoms with Crippen molar-refractivity contribution < 1.29 is 0 Å². The fraction of sp³-hybridized carbons (Fsp3) is 0.143. The number of para-hydroxylation sites is 1. The molecule has 0 amide bonds. The van der Waals surface area contributed by atoms with Gasteiger partial charge in [0, 0.05) is 10.6 Å². The van der Waals surface area contributed by atoms with Crippen molar-refractivity contribution in [3.05, 3.63) is 111 Å². The van der Waals surface area contributed by atoms with E-state index < -0.39 is 0 Å². The minimum atomic E-state index is 0.0625. The lowest BCUT2D eigenvalue weighted by Crippen LogP contribution is -2.21. The molecule has 0 spiro atoms. The Kier molecular flexibility index (Phi) is 5.36. The maximum Gasteiger partial charge on any atom is 0.267 e. The summed E-state index contributed by atoms with van der Waals surface area (Å²) in [6.07, 6.45) is 3.19. The molecule has 5 heteroatoms. The Morgan fingerprint density at radius 2 is 1.55 bits per heavy atom. The number of thioether (sulfide) groups is 1. The molecule has 0 bridgehead atoms. The molecular weight excluding hydrogens is 444 g/mol. The van der Waals surface area contributed by atoms with E-state index in [4.69, 9.17) is 4.98 Å². The van der Waals surface area contributed by atoms with Gasteiger partial charge in [-0.2, -0.15) is 0 Å². The molecule has 0 aliphatic heterocycles. The van der Waals surface area contributed by atoms with E-state index in [1.165, 1.54) is 27.1 Å². The van der Waals surface area contributed by atoms with E-state index in [9.17, 15) is 4.79 Å². The van der Waals surface area contributed by atoms with Crippen LogP contribution in [0.4, 0.5) is 0 Å². The number of nitrogens with zero attached hydrogens (tertiary/aromatic N) is 2. The largest absolute Gasteiger partial charge is 0.268 e. The van der Waals surface area contributed by atoms with Gasteiger partial charge in [-0.25, -0.2) is 4.98 Å². The molecule has 0 atom stereocenters. The van der Waals surface area contributed by atoms with Crippen LogP contribution in [-0.2, 0) is 18.6 Å². The van der Waals surface area contributed by atoms with Crippen molar-refractivity contribution in [3.63, 3.8) is 0 Å². The quantitative estimate of drug-likeness (QED) is 0.209. The second-order valence-corrected chi connectivity index (χ2v) is 10.3. The van der Waals surface area contributed by atoms with Gasteiger partial charge in [-0.1, -0.05) is 84.6 Å². The molecule has 1 aliphatic carbocycles. The van der Waals surface area contributed by atoms with Crippen LogP contribution in [0.25, 0.3) is 27.0 Å². The number of thiophene rings is 1. The lowest BCUT2D eigenvalue weighted by atomic mass is 10.0. The van der Waals surface area contributed by atoms with Crippen molar-refractivity contribution in [2.75, 3.05) is 0 Å². The molecule has 0 saturated heterocycles. The summed E-state index contributed by atoms with van der Waals surface area (Å²) in [6.45, 7) is 0. The minimum absolute atomic E-state index is 0.0625. The first-order valence-electron chi connectivity index (χ1n) is 11.2. The van der Waals surface area contributed by atoms with Crippen molar-refractivity contribution in [3.8, 4) is 16.8 Å². The van der Waals surface area contributed by atoms with Gasteiger partial charge in [-0.3, -0.25) is 9.36 Å². The van der Waals surface area contributed by atoms with Gasteiger partial charge in [0.25, 0.3) is 5.56 Å². The predicted octanol–water partition coefficient (Wildman–Crippen LogP) is 6.90. The van der Waals surface area contributed by atoms with Crippen molar-refractivity contribution in [2.24, 2.45) is 0 Å². The maximum absolute atomic E-state index is 13.7. The highest BCUT2D eigenvalue weighted by molar-refractivity contribution is 7.98. The highest BCUT2D eigenvalue weighted by Gasteiger charge is 2.23. The number of hydrogen-bond donors (Lipinski definition) is 0. The van der Waals surface area contributed by atoms with Crippen LogP contribution in [0.3, 0.4) is 0 Å². The SMILES string of the molecule is O=c1c2c3c(sc2nc(SCc2ccc(-c4ccccc4)cc2)n1-c1ccccc1)CCC3. The zero-order valence-corrected chi connectivity index (χ0v) is 19.7. The van der Waals surface area contributed by atoms with Gasteiger partial charge in [0.05, 0.1) is 11.1 Å². The van der Waals surface area contributed by atoms with Crippen LogP contribution in [0, 0.1) is 0 Å². The van der Waals surface area contributed by atoms with Crippen molar-refractivity contribution in [1.29, 1.82) is 0 Å². The third-order valence-corrected chi connectivity index (χ3v) is 8.35. The third kappa shape index (κ3) is 3.81. The van der Waals surface area contributed by atoms with Gasteiger partial charge in [0.2, 0.25) is 0 Å². The Morgan fingerprint density at radius 3 is 2.30 bits per heavy atom. The maximum atomic E-state index is 13.7. The molecule has 33 heavy (non-hydrogen) atoms. The first-order chi connectivity index (χ1) is 16.3. The second kappa shape index (κ2) is 8.65. The van der Waals surface area contributed by atoms with Crippen LogP contribution >= 0.6 is 23.1 Å². The first kappa shape index (κ1) is 20.5. The Bertz CT molecular complexity index is 1490. The van der Waals surface area contributed by atoms with Gasteiger partial charge >= 0.3 is 0 Å². The highest BCUT2D eigenvalue weighted by Crippen LogP contribution is 2.36. The normalized spacial score (nSPS) is 12.8. The van der Waals surface area contributed by atoms with Gasteiger partial charge < -0.3 is 0 Å². The lowest BCUT2D eigenvalue weighted by molar-refractivity contribution is 0.820. The Morgan fingerprint density at radius 1 is 0.848 bits per heavy atom. The van der Waals surface area contributed by atoms with Gasteiger partial charge in [-0.05, 0) is 53.6 Å². The van der Waals surface area contributed by atoms with E-state index in [1.807, 2.05) is 36.4 Å². The van der Waals surface area contributed by atoms with Crippen LogP contribution in [0.15, 0.2) is 94.9 Å². The monoisotopic (exact) mass is 466 g/mol. The van der Waals surface area contributed by atoms with Crippen molar-refractivity contribution in [1.82, 2.24) is 9.55 Å². The molecule has 6 rings (SSSR count). The topological polar surface area (TPSA) is 34.9 Å². The zero-order valence-electron chi connectivity index (χ0n) is 18.0. The summed E-state index contributed by atoms with van der Waals surface area (Å²) in [7, 11) is 0. The van der Waals surface area contributed by atoms with Crippen LogP contribution in [0.2, 0.25) is 0 Å². The molecule has 2 heterocycles. The lowest BCUT2D eigenvalue weighted by Gasteiger charge is -2.12. The minimum Gasteiger partial charge on any atom is -0.268 e. The molecular formula is C28H22N2OS2. The molecule has 0 N–H and O–H groups in total. The van der Waals surface area contributed by atoms with Gasteiger partial charge in [0.15, 0.2) is 5.16 Å². The van der Waals surface area contributed by atoms with Crippen LogP contribution in [0.5, 0.6) is 0 Å². The molecule has 162 valence electrons. The van der Waals surface area contributed by atoms with E-state index in [0.717, 1.165) is 46.1 Å². The summed E-state index contributed by atoms with van der Waals surface area (Å²) in [5, 5.41) is 1.58. The molecule has 0 saturated carbocycles.